The third-order valence-corrected chi connectivity index (χ3v) is 9.17. The fourth-order valence-electron chi connectivity index (χ4n) is 6.74. The van der Waals surface area contributed by atoms with E-state index in [1.165, 1.54) is 0 Å². The van der Waals surface area contributed by atoms with E-state index in [1.54, 1.807) is 20.3 Å². The highest BCUT2D eigenvalue weighted by Gasteiger charge is 2.28. The number of rotatable bonds is 11. The van der Waals surface area contributed by atoms with Crippen LogP contribution in [0.5, 0.6) is 11.5 Å². The molecule has 4 aromatic carbocycles. The summed E-state index contributed by atoms with van der Waals surface area (Å²) in [6.07, 6.45) is 6.06. The van der Waals surface area contributed by atoms with Crippen molar-refractivity contribution in [3.05, 3.63) is 131 Å². The van der Waals surface area contributed by atoms with E-state index in [9.17, 15) is 0 Å². The molecule has 1 heterocycles. The molecule has 0 spiro atoms. The van der Waals surface area contributed by atoms with Crippen molar-refractivity contribution in [2.24, 2.45) is 11.8 Å². The van der Waals surface area contributed by atoms with Gasteiger partial charge in [-0.3, -0.25) is 0 Å². The highest BCUT2D eigenvalue weighted by atomic mass is 19.1. The summed E-state index contributed by atoms with van der Waals surface area (Å²) in [5.74, 6) is 2.39. The molecular formula is C39H41FO4. The summed E-state index contributed by atoms with van der Waals surface area (Å²) < 4.78 is 39.1. The largest absolute Gasteiger partial charge is 0.489 e. The highest BCUT2D eigenvalue weighted by molar-refractivity contribution is 6.01. The van der Waals surface area contributed by atoms with Gasteiger partial charge < -0.3 is 18.9 Å². The average molecular weight is 593 g/mol. The van der Waals surface area contributed by atoms with E-state index in [-0.39, 0.29) is 12.1 Å². The van der Waals surface area contributed by atoms with Crippen molar-refractivity contribution in [2.45, 2.75) is 51.4 Å². The monoisotopic (exact) mass is 592 g/mol. The SMILES string of the molecule is COC(OC)C1CCC(CCc2ccc(C3=C(c4ccccc4)COc4cc(OCc5ccccc5)ccc43)cc2F)CC1. The molecule has 4 aromatic rings. The molecule has 44 heavy (non-hydrogen) atoms. The molecule has 0 saturated heterocycles. The Balaban J connectivity index is 1.21. The van der Waals surface area contributed by atoms with Gasteiger partial charge in [-0.2, -0.15) is 0 Å². The van der Waals surface area contributed by atoms with Crippen LogP contribution in [0.4, 0.5) is 4.39 Å². The average Bonchev–Trinajstić information content (AvgIpc) is 3.08. The molecule has 0 amide bonds. The van der Waals surface area contributed by atoms with E-state index in [4.69, 9.17) is 18.9 Å². The van der Waals surface area contributed by atoms with Crippen LogP contribution in [0.25, 0.3) is 11.1 Å². The normalized spacial score (nSPS) is 18.2. The Morgan fingerprint density at radius 1 is 0.795 bits per heavy atom. The number of benzene rings is 4. The highest BCUT2D eigenvalue weighted by Crippen LogP contribution is 2.43. The molecule has 5 heteroatoms. The molecule has 0 aromatic heterocycles. The molecule has 4 nitrogen and oxygen atoms in total. The van der Waals surface area contributed by atoms with Gasteiger partial charge in [0.25, 0.3) is 0 Å². The van der Waals surface area contributed by atoms with Crippen molar-refractivity contribution in [1.29, 1.82) is 0 Å². The van der Waals surface area contributed by atoms with Crippen molar-refractivity contribution in [3.8, 4) is 11.5 Å². The third-order valence-electron chi connectivity index (χ3n) is 9.17. The lowest BCUT2D eigenvalue weighted by atomic mass is 9.79. The zero-order valence-corrected chi connectivity index (χ0v) is 25.6. The molecule has 1 aliphatic heterocycles. The van der Waals surface area contributed by atoms with Crippen LogP contribution in [0.2, 0.25) is 0 Å². The molecule has 6 rings (SSSR count). The number of ether oxygens (including phenoxy) is 4. The Morgan fingerprint density at radius 2 is 1.52 bits per heavy atom. The fourth-order valence-corrected chi connectivity index (χ4v) is 6.74. The van der Waals surface area contributed by atoms with Gasteiger partial charge in [-0.05, 0) is 90.5 Å². The van der Waals surface area contributed by atoms with Gasteiger partial charge >= 0.3 is 0 Å². The van der Waals surface area contributed by atoms with Crippen molar-refractivity contribution < 1.29 is 23.3 Å². The summed E-state index contributed by atoms with van der Waals surface area (Å²) in [5.41, 5.74) is 6.80. The number of fused-ring (bicyclic) bond motifs is 1. The molecule has 1 aliphatic carbocycles. The number of halogens is 1. The first-order chi connectivity index (χ1) is 21.6. The number of hydrogen-bond acceptors (Lipinski definition) is 4. The van der Waals surface area contributed by atoms with E-state index in [1.807, 2.05) is 72.8 Å². The quantitative estimate of drug-likeness (QED) is 0.163. The summed E-state index contributed by atoms with van der Waals surface area (Å²) in [7, 11) is 3.42. The minimum absolute atomic E-state index is 0.125. The Labute approximate surface area is 260 Å². The van der Waals surface area contributed by atoms with Gasteiger partial charge in [0.2, 0.25) is 0 Å². The molecule has 0 unspecified atom stereocenters. The van der Waals surface area contributed by atoms with Crippen LogP contribution in [0, 0.1) is 17.7 Å². The summed E-state index contributed by atoms with van der Waals surface area (Å²) in [6, 6.07) is 32.0. The Hall–Kier alpha value is -3.93. The molecule has 0 atom stereocenters. The second-order valence-electron chi connectivity index (χ2n) is 11.9. The first-order valence-electron chi connectivity index (χ1n) is 15.7. The van der Waals surface area contributed by atoms with Gasteiger partial charge in [-0.1, -0.05) is 72.8 Å². The first-order valence-corrected chi connectivity index (χ1v) is 15.7. The van der Waals surface area contributed by atoms with Crippen LogP contribution in [-0.4, -0.2) is 27.1 Å². The summed E-state index contributed by atoms with van der Waals surface area (Å²) in [6.45, 7) is 0.875. The number of hydrogen-bond donors (Lipinski definition) is 0. The number of aryl methyl sites for hydroxylation is 1. The van der Waals surface area contributed by atoms with Crippen LogP contribution < -0.4 is 9.47 Å². The second-order valence-corrected chi connectivity index (χ2v) is 11.9. The Bertz CT molecular complexity index is 1550. The minimum atomic E-state index is -0.147. The maximum Gasteiger partial charge on any atom is 0.159 e. The van der Waals surface area contributed by atoms with Crippen LogP contribution in [0.3, 0.4) is 0 Å². The fraction of sp³-hybridized carbons (Fsp3) is 0.333. The maximum absolute atomic E-state index is 15.7. The van der Waals surface area contributed by atoms with Gasteiger partial charge in [0.15, 0.2) is 6.29 Å². The first kappa shape index (κ1) is 30.1. The summed E-state index contributed by atoms with van der Waals surface area (Å²) >= 11 is 0. The molecule has 1 fully saturated rings. The van der Waals surface area contributed by atoms with Crippen molar-refractivity contribution in [2.75, 3.05) is 20.8 Å². The van der Waals surface area contributed by atoms with Gasteiger partial charge in [0.05, 0.1) is 0 Å². The van der Waals surface area contributed by atoms with E-state index in [0.29, 0.717) is 25.0 Å². The molecular weight excluding hydrogens is 551 g/mol. The molecule has 1 saturated carbocycles. The van der Waals surface area contributed by atoms with Crippen molar-refractivity contribution in [1.82, 2.24) is 0 Å². The van der Waals surface area contributed by atoms with Gasteiger partial charge in [0, 0.05) is 37.3 Å². The van der Waals surface area contributed by atoms with Gasteiger partial charge in [0.1, 0.15) is 30.5 Å². The predicted molar refractivity (Wildman–Crippen MR) is 173 cm³/mol. The summed E-state index contributed by atoms with van der Waals surface area (Å²) in [5, 5.41) is 0. The van der Waals surface area contributed by atoms with Crippen LogP contribution in [0.15, 0.2) is 97.1 Å². The summed E-state index contributed by atoms with van der Waals surface area (Å²) in [4.78, 5) is 0. The zero-order chi connectivity index (χ0) is 30.3. The van der Waals surface area contributed by atoms with Crippen LogP contribution >= 0.6 is 0 Å². The third kappa shape index (κ3) is 6.90. The Morgan fingerprint density at radius 3 is 2.23 bits per heavy atom. The van der Waals surface area contributed by atoms with Gasteiger partial charge in [-0.25, -0.2) is 4.39 Å². The lowest BCUT2D eigenvalue weighted by Gasteiger charge is -2.32. The molecule has 0 N–H and O–H groups in total. The lowest BCUT2D eigenvalue weighted by Crippen LogP contribution is -2.29. The van der Waals surface area contributed by atoms with Crippen molar-refractivity contribution >= 4 is 11.1 Å². The Kier molecular flexibility index (Phi) is 9.74. The predicted octanol–water partition coefficient (Wildman–Crippen LogP) is 9.11. The molecule has 2 aliphatic rings. The van der Waals surface area contributed by atoms with E-state index in [0.717, 1.165) is 89.0 Å². The van der Waals surface area contributed by atoms with Gasteiger partial charge in [-0.15, -0.1) is 0 Å². The topological polar surface area (TPSA) is 36.9 Å². The molecule has 0 bridgehead atoms. The van der Waals surface area contributed by atoms with E-state index in [2.05, 4.69) is 18.2 Å². The van der Waals surface area contributed by atoms with Crippen LogP contribution in [-0.2, 0) is 22.5 Å². The molecule has 228 valence electrons. The second kappa shape index (κ2) is 14.2. The zero-order valence-electron chi connectivity index (χ0n) is 25.6. The molecule has 0 radical (unpaired) electrons. The number of methoxy groups -OCH3 is 2. The lowest BCUT2D eigenvalue weighted by molar-refractivity contribution is -0.145. The minimum Gasteiger partial charge on any atom is -0.489 e. The maximum atomic E-state index is 15.7. The van der Waals surface area contributed by atoms with E-state index < -0.39 is 0 Å². The smallest absolute Gasteiger partial charge is 0.159 e. The standard InChI is InChI=1S/C39H41FO4/c1-41-39(42-2)31-17-14-27(15-18-31)13-16-30-19-20-32(23-36(30)40)38-34-22-21-33(43-25-28-9-5-3-6-10-28)24-37(34)44-26-35(38)29-11-7-4-8-12-29/h3-12,19-24,27,31,39H,13-18,25-26H2,1-2H3. The van der Waals surface area contributed by atoms with Crippen molar-refractivity contribution in [3.63, 3.8) is 0 Å². The van der Waals surface area contributed by atoms with Crippen LogP contribution in [0.1, 0.15) is 59.9 Å². The van der Waals surface area contributed by atoms with E-state index >= 15 is 4.39 Å².